The first-order chi connectivity index (χ1) is 11.3. The quantitative estimate of drug-likeness (QED) is 0.565. The van der Waals surface area contributed by atoms with E-state index in [4.69, 9.17) is 14.7 Å². The second kappa shape index (κ2) is 7.94. The van der Waals surface area contributed by atoms with Crippen LogP contribution in [-0.4, -0.2) is 45.3 Å². The molecule has 0 N–H and O–H groups in total. The standard InChI is InChI=1S/C15H17N5O2S/c16-10-12-3-5-13(6-4-12)22-8-9-23-15-17-18-19-20(15)11-14-2-1-7-21-14/h3-6,14H,1-2,7-9,11H2. The van der Waals surface area contributed by atoms with Gasteiger partial charge >= 0.3 is 0 Å². The summed E-state index contributed by atoms with van der Waals surface area (Å²) in [6.07, 6.45) is 2.38. The number of tetrazole rings is 1. The summed E-state index contributed by atoms with van der Waals surface area (Å²) in [7, 11) is 0. The molecule has 7 nitrogen and oxygen atoms in total. The highest BCUT2D eigenvalue weighted by Crippen LogP contribution is 2.19. The highest BCUT2D eigenvalue weighted by molar-refractivity contribution is 7.99. The van der Waals surface area contributed by atoms with Crippen molar-refractivity contribution in [2.24, 2.45) is 0 Å². The van der Waals surface area contributed by atoms with Crippen molar-refractivity contribution < 1.29 is 9.47 Å². The van der Waals surface area contributed by atoms with Crippen molar-refractivity contribution in [3.8, 4) is 11.8 Å². The van der Waals surface area contributed by atoms with Crippen LogP contribution in [0.25, 0.3) is 0 Å². The lowest BCUT2D eigenvalue weighted by Crippen LogP contribution is -2.17. The van der Waals surface area contributed by atoms with Crippen LogP contribution in [-0.2, 0) is 11.3 Å². The Bertz CT molecular complexity index is 661. The number of hydrogen-bond acceptors (Lipinski definition) is 7. The maximum Gasteiger partial charge on any atom is 0.209 e. The lowest BCUT2D eigenvalue weighted by Gasteiger charge is -2.10. The first-order valence-corrected chi connectivity index (χ1v) is 8.47. The van der Waals surface area contributed by atoms with Gasteiger partial charge < -0.3 is 9.47 Å². The lowest BCUT2D eigenvalue weighted by molar-refractivity contribution is 0.0912. The topological polar surface area (TPSA) is 85.9 Å². The van der Waals surface area contributed by atoms with Crippen molar-refractivity contribution in [2.75, 3.05) is 19.0 Å². The maximum absolute atomic E-state index is 8.75. The highest BCUT2D eigenvalue weighted by Gasteiger charge is 2.18. The fourth-order valence-electron chi connectivity index (χ4n) is 2.31. The van der Waals surface area contributed by atoms with Gasteiger partial charge in [-0.3, -0.25) is 0 Å². The van der Waals surface area contributed by atoms with E-state index in [0.717, 1.165) is 36.1 Å². The van der Waals surface area contributed by atoms with E-state index in [1.807, 2.05) is 0 Å². The lowest BCUT2D eigenvalue weighted by atomic mass is 10.2. The molecule has 1 saturated heterocycles. The van der Waals surface area contributed by atoms with Crippen LogP contribution in [0.15, 0.2) is 29.4 Å². The Kier molecular flexibility index (Phi) is 5.45. The van der Waals surface area contributed by atoms with Crippen molar-refractivity contribution in [1.82, 2.24) is 20.2 Å². The maximum atomic E-state index is 8.75. The van der Waals surface area contributed by atoms with Crippen molar-refractivity contribution in [3.63, 3.8) is 0 Å². The van der Waals surface area contributed by atoms with Crippen molar-refractivity contribution in [1.29, 1.82) is 5.26 Å². The van der Waals surface area contributed by atoms with Crippen LogP contribution in [0.5, 0.6) is 5.75 Å². The van der Waals surface area contributed by atoms with Gasteiger partial charge in [-0.2, -0.15) is 5.26 Å². The van der Waals surface area contributed by atoms with Crippen LogP contribution in [0.1, 0.15) is 18.4 Å². The van der Waals surface area contributed by atoms with Gasteiger partial charge in [0.05, 0.1) is 30.9 Å². The Morgan fingerprint density at radius 2 is 2.26 bits per heavy atom. The fourth-order valence-corrected chi connectivity index (χ4v) is 3.02. The molecule has 1 unspecified atom stereocenters. The molecule has 0 saturated carbocycles. The van der Waals surface area contributed by atoms with E-state index in [0.29, 0.717) is 18.7 Å². The van der Waals surface area contributed by atoms with Crippen molar-refractivity contribution in [3.05, 3.63) is 29.8 Å². The van der Waals surface area contributed by atoms with Crippen LogP contribution in [0, 0.1) is 11.3 Å². The van der Waals surface area contributed by atoms with E-state index in [1.165, 1.54) is 0 Å². The largest absolute Gasteiger partial charge is 0.493 e. The molecule has 23 heavy (non-hydrogen) atoms. The summed E-state index contributed by atoms with van der Waals surface area (Å²) in [6, 6.07) is 9.15. The first kappa shape index (κ1) is 15.8. The monoisotopic (exact) mass is 331 g/mol. The molecule has 3 rings (SSSR count). The van der Waals surface area contributed by atoms with Gasteiger partial charge in [0.2, 0.25) is 5.16 Å². The minimum Gasteiger partial charge on any atom is -0.493 e. The zero-order valence-electron chi connectivity index (χ0n) is 12.6. The third kappa shape index (κ3) is 4.43. The van der Waals surface area contributed by atoms with E-state index in [1.54, 1.807) is 40.7 Å². The Hall–Kier alpha value is -2.11. The summed E-state index contributed by atoms with van der Waals surface area (Å²) in [5.41, 5.74) is 0.625. The zero-order valence-corrected chi connectivity index (χ0v) is 13.4. The number of nitriles is 1. The van der Waals surface area contributed by atoms with Crippen molar-refractivity contribution >= 4 is 11.8 Å². The molecule has 0 spiro atoms. The molecular weight excluding hydrogens is 314 g/mol. The van der Waals surface area contributed by atoms with E-state index < -0.39 is 0 Å². The Balaban J connectivity index is 1.43. The molecule has 1 aromatic heterocycles. The van der Waals surface area contributed by atoms with Gasteiger partial charge in [-0.15, -0.1) is 5.10 Å². The minimum atomic E-state index is 0.216. The summed E-state index contributed by atoms with van der Waals surface area (Å²) >= 11 is 1.56. The predicted molar refractivity (Wildman–Crippen MR) is 84.2 cm³/mol. The van der Waals surface area contributed by atoms with Gasteiger partial charge in [0.25, 0.3) is 0 Å². The van der Waals surface area contributed by atoms with E-state index >= 15 is 0 Å². The minimum absolute atomic E-state index is 0.216. The predicted octanol–water partition coefficient (Wildman–Crippen LogP) is 1.89. The van der Waals surface area contributed by atoms with E-state index in [9.17, 15) is 0 Å². The van der Waals surface area contributed by atoms with Crippen LogP contribution in [0.3, 0.4) is 0 Å². The third-order valence-electron chi connectivity index (χ3n) is 3.47. The van der Waals surface area contributed by atoms with Gasteiger partial charge in [0, 0.05) is 12.4 Å². The number of thioether (sulfide) groups is 1. The summed E-state index contributed by atoms with van der Waals surface area (Å²) in [6.45, 7) is 2.07. The summed E-state index contributed by atoms with van der Waals surface area (Å²) in [4.78, 5) is 0. The average Bonchev–Trinajstić information content (AvgIpc) is 3.25. The molecule has 1 aliphatic rings. The normalized spacial score (nSPS) is 17.1. The summed E-state index contributed by atoms with van der Waals surface area (Å²) in [5.74, 6) is 1.50. The molecule has 1 aliphatic heterocycles. The Morgan fingerprint density at radius 3 is 3.00 bits per heavy atom. The van der Waals surface area contributed by atoms with Crippen LogP contribution >= 0.6 is 11.8 Å². The van der Waals surface area contributed by atoms with E-state index in [-0.39, 0.29) is 6.10 Å². The molecule has 0 bridgehead atoms. The van der Waals surface area contributed by atoms with Gasteiger partial charge in [0.15, 0.2) is 0 Å². The number of benzene rings is 1. The highest BCUT2D eigenvalue weighted by atomic mass is 32.2. The SMILES string of the molecule is N#Cc1ccc(OCCSc2nnnn2CC2CCCO2)cc1. The second-order valence-electron chi connectivity index (χ2n) is 5.11. The molecule has 0 radical (unpaired) electrons. The van der Waals surface area contributed by atoms with Crippen LogP contribution in [0.2, 0.25) is 0 Å². The molecule has 2 heterocycles. The molecule has 120 valence electrons. The van der Waals surface area contributed by atoms with Crippen LogP contribution in [0.4, 0.5) is 0 Å². The molecule has 0 aliphatic carbocycles. The van der Waals surface area contributed by atoms with Crippen molar-refractivity contribution in [2.45, 2.75) is 30.6 Å². The van der Waals surface area contributed by atoms with E-state index in [2.05, 4.69) is 21.6 Å². The molecule has 1 fully saturated rings. The molecule has 8 heteroatoms. The molecule has 2 aromatic rings. The number of nitrogens with zero attached hydrogens (tertiary/aromatic N) is 5. The van der Waals surface area contributed by atoms with Crippen LogP contribution < -0.4 is 4.74 Å². The number of hydrogen-bond donors (Lipinski definition) is 0. The van der Waals surface area contributed by atoms with Gasteiger partial charge in [0.1, 0.15) is 5.75 Å². The molecular formula is C15H17N5O2S. The first-order valence-electron chi connectivity index (χ1n) is 7.48. The third-order valence-corrected chi connectivity index (χ3v) is 4.39. The molecule has 1 aromatic carbocycles. The Morgan fingerprint density at radius 1 is 1.39 bits per heavy atom. The average molecular weight is 331 g/mol. The summed E-state index contributed by atoms with van der Waals surface area (Å²) < 4.78 is 13.0. The number of rotatable bonds is 7. The Labute approximate surface area is 138 Å². The second-order valence-corrected chi connectivity index (χ2v) is 6.17. The smallest absolute Gasteiger partial charge is 0.209 e. The zero-order chi connectivity index (χ0) is 15.9. The summed E-state index contributed by atoms with van der Waals surface area (Å²) in [5, 5.41) is 21.3. The molecule has 1 atom stereocenters. The van der Waals surface area contributed by atoms with Gasteiger partial charge in [-0.25, -0.2) is 4.68 Å². The molecule has 0 amide bonds. The van der Waals surface area contributed by atoms with Gasteiger partial charge in [-0.05, 0) is 47.5 Å². The number of ether oxygens (including phenoxy) is 2. The number of aromatic nitrogens is 4. The fraction of sp³-hybridized carbons (Fsp3) is 0.467. The van der Waals surface area contributed by atoms with Gasteiger partial charge in [-0.1, -0.05) is 11.8 Å².